The molecule has 3 aromatic rings. The Morgan fingerprint density at radius 2 is 1.50 bits per heavy atom. The predicted octanol–water partition coefficient (Wildman–Crippen LogP) is 4.21. The summed E-state index contributed by atoms with van der Waals surface area (Å²) >= 11 is 0. The van der Waals surface area contributed by atoms with Crippen LogP contribution in [-0.4, -0.2) is 61.3 Å². The Labute approximate surface area is 199 Å². The van der Waals surface area contributed by atoms with Crippen LogP contribution in [0.3, 0.4) is 0 Å². The number of benzene rings is 2. The zero-order chi connectivity index (χ0) is 24.1. The molecule has 1 aliphatic rings. The normalized spacial score (nSPS) is 13.4. The van der Waals surface area contributed by atoms with Gasteiger partial charge in [0.1, 0.15) is 17.3 Å². The number of piperazine rings is 1. The smallest absolute Gasteiger partial charge is 0.321 e. The Hall–Kier alpha value is -4.01. The van der Waals surface area contributed by atoms with Gasteiger partial charge in [0.05, 0.1) is 14.2 Å². The number of anilines is 4. The molecule has 178 valence electrons. The van der Waals surface area contributed by atoms with E-state index in [1.807, 2.05) is 37.3 Å². The summed E-state index contributed by atoms with van der Waals surface area (Å²) in [6.45, 7) is 6.52. The second-order valence-corrected chi connectivity index (χ2v) is 8.19. The van der Waals surface area contributed by atoms with E-state index >= 15 is 0 Å². The zero-order valence-corrected chi connectivity index (χ0v) is 20.0. The van der Waals surface area contributed by atoms with Crippen molar-refractivity contribution in [3.8, 4) is 11.5 Å². The summed E-state index contributed by atoms with van der Waals surface area (Å²) in [5, 5.41) is 6.22. The molecule has 0 atom stereocenters. The van der Waals surface area contributed by atoms with Gasteiger partial charge in [0, 0.05) is 67.5 Å². The molecule has 1 fully saturated rings. The molecule has 0 spiro atoms. The molecule has 0 unspecified atom stereocenters. The molecule has 0 aliphatic carbocycles. The number of methoxy groups -OCH3 is 2. The van der Waals surface area contributed by atoms with Gasteiger partial charge in [0.2, 0.25) is 5.95 Å². The maximum absolute atomic E-state index is 12.8. The third kappa shape index (κ3) is 5.67. The monoisotopic (exact) mass is 462 g/mol. The number of rotatable bonds is 6. The average Bonchev–Trinajstić information content (AvgIpc) is 2.85. The molecule has 4 rings (SSSR count). The second-order valence-electron chi connectivity index (χ2n) is 8.19. The van der Waals surface area contributed by atoms with Crippen molar-refractivity contribution < 1.29 is 14.3 Å². The zero-order valence-electron chi connectivity index (χ0n) is 20.0. The number of ether oxygens (including phenoxy) is 2. The van der Waals surface area contributed by atoms with Gasteiger partial charge in [-0.1, -0.05) is 17.7 Å². The molecular formula is C25H30N6O3. The molecule has 2 amide bonds. The molecule has 1 saturated heterocycles. The summed E-state index contributed by atoms with van der Waals surface area (Å²) in [6.07, 6.45) is 0. The minimum Gasteiger partial charge on any atom is -0.497 e. The van der Waals surface area contributed by atoms with Gasteiger partial charge in [-0.05, 0) is 26.0 Å². The largest absolute Gasteiger partial charge is 0.497 e. The lowest BCUT2D eigenvalue weighted by Gasteiger charge is -2.35. The van der Waals surface area contributed by atoms with E-state index in [0.29, 0.717) is 49.3 Å². The van der Waals surface area contributed by atoms with Crippen molar-refractivity contribution in [2.24, 2.45) is 0 Å². The van der Waals surface area contributed by atoms with Crippen LogP contribution in [0, 0.1) is 13.8 Å². The molecule has 1 aliphatic heterocycles. The lowest BCUT2D eigenvalue weighted by Crippen LogP contribution is -2.50. The van der Waals surface area contributed by atoms with Crippen LogP contribution in [0.4, 0.5) is 27.9 Å². The van der Waals surface area contributed by atoms with Crippen LogP contribution in [0.15, 0.2) is 48.5 Å². The number of carbonyl (C=O) groups is 1. The predicted molar refractivity (Wildman–Crippen MR) is 134 cm³/mol. The highest BCUT2D eigenvalue weighted by molar-refractivity contribution is 5.90. The maximum atomic E-state index is 12.8. The van der Waals surface area contributed by atoms with Crippen molar-refractivity contribution in [1.29, 1.82) is 0 Å². The number of urea groups is 1. The number of aryl methyl sites for hydroxylation is 2. The van der Waals surface area contributed by atoms with Crippen molar-refractivity contribution >= 4 is 29.2 Å². The molecule has 9 heteroatoms. The quantitative estimate of drug-likeness (QED) is 0.567. The minimum atomic E-state index is -0.157. The van der Waals surface area contributed by atoms with Gasteiger partial charge in [0.25, 0.3) is 0 Å². The molecule has 0 radical (unpaired) electrons. The summed E-state index contributed by atoms with van der Waals surface area (Å²) < 4.78 is 10.6. The van der Waals surface area contributed by atoms with Crippen molar-refractivity contribution in [3.05, 3.63) is 59.8 Å². The van der Waals surface area contributed by atoms with Gasteiger partial charge >= 0.3 is 6.03 Å². The van der Waals surface area contributed by atoms with Gasteiger partial charge in [-0.3, -0.25) is 0 Å². The highest BCUT2D eigenvalue weighted by Crippen LogP contribution is 2.26. The number of hydrogen-bond acceptors (Lipinski definition) is 7. The van der Waals surface area contributed by atoms with E-state index in [4.69, 9.17) is 14.5 Å². The van der Waals surface area contributed by atoms with E-state index in [-0.39, 0.29) is 6.03 Å². The van der Waals surface area contributed by atoms with E-state index in [2.05, 4.69) is 27.4 Å². The van der Waals surface area contributed by atoms with Crippen molar-refractivity contribution in [2.45, 2.75) is 13.8 Å². The molecule has 2 aromatic carbocycles. The number of aromatic nitrogens is 2. The number of amides is 2. The summed E-state index contributed by atoms with van der Waals surface area (Å²) in [6, 6.07) is 15.2. The number of nitrogens with zero attached hydrogens (tertiary/aromatic N) is 4. The first-order chi connectivity index (χ1) is 16.4. The number of nitrogens with one attached hydrogen (secondary N) is 2. The minimum absolute atomic E-state index is 0.157. The van der Waals surface area contributed by atoms with E-state index in [1.54, 1.807) is 37.3 Å². The first-order valence-corrected chi connectivity index (χ1v) is 11.2. The Bertz CT molecular complexity index is 1120. The first kappa shape index (κ1) is 23.2. The lowest BCUT2D eigenvalue weighted by atomic mass is 10.2. The molecule has 2 N–H and O–H groups in total. The van der Waals surface area contributed by atoms with E-state index in [9.17, 15) is 4.79 Å². The fraction of sp³-hybridized carbons (Fsp3) is 0.320. The molecule has 34 heavy (non-hydrogen) atoms. The molecular weight excluding hydrogens is 432 g/mol. The van der Waals surface area contributed by atoms with Gasteiger partial charge in [0.15, 0.2) is 0 Å². The number of hydrogen-bond donors (Lipinski definition) is 2. The Balaban J connectivity index is 1.38. The standard InChI is InChI=1S/C25H30N6O3/c1-17-5-7-19(8-6-17)27-24-26-18(2)13-23(29-24)30-9-11-31(12-10-30)25(32)28-20-14-21(33-3)16-22(15-20)34-4/h5-8,13-16H,9-12H2,1-4H3,(H,28,32)(H,26,27,29). The van der Waals surface area contributed by atoms with Crippen LogP contribution in [0.25, 0.3) is 0 Å². The third-order valence-electron chi connectivity index (χ3n) is 5.64. The van der Waals surface area contributed by atoms with E-state index in [0.717, 1.165) is 17.2 Å². The van der Waals surface area contributed by atoms with Crippen LogP contribution >= 0.6 is 0 Å². The molecule has 0 saturated carbocycles. The molecule has 1 aromatic heterocycles. The van der Waals surface area contributed by atoms with E-state index < -0.39 is 0 Å². The topological polar surface area (TPSA) is 91.9 Å². The first-order valence-electron chi connectivity index (χ1n) is 11.2. The third-order valence-corrected chi connectivity index (χ3v) is 5.64. The Kier molecular flexibility index (Phi) is 7.01. The van der Waals surface area contributed by atoms with Crippen LogP contribution < -0.4 is 25.0 Å². The van der Waals surface area contributed by atoms with Crippen LogP contribution in [0.5, 0.6) is 11.5 Å². The summed E-state index contributed by atoms with van der Waals surface area (Å²) in [4.78, 5) is 26.0. The highest BCUT2D eigenvalue weighted by atomic mass is 16.5. The van der Waals surface area contributed by atoms with Crippen LogP contribution in [0.2, 0.25) is 0 Å². The second kappa shape index (κ2) is 10.3. The summed E-state index contributed by atoms with van der Waals surface area (Å²) in [5.74, 6) is 2.65. The highest BCUT2D eigenvalue weighted by Gasteiger charge is 2.23. The SMILES string of the molecule is COc1cc(NC(=O)N2CCN(c3cc(C)nc(Nc4ccc(C)cc4)n3)CC2)cc(OC)c1. The van der Waals surface area contributed by atoms with Crippen LogP contribution in [-0.2, 0) is 0 Å². The van der Waals surface area contributed by atoms with Crippen molar-refractivity contribution in [1.82, 2.24) is 14.9 Å². The van der Waals surface area contributed by atoms with E-state index in [1.165, 1.54) is 5.56 Å². The van der Waals surface area contributed by atoms with Gasteiger partial charge in [-0.15, -0.1) is 0 Å². The van der Waals surface area contributed by atoms with Crippen molar-refractivity contribution in [2.75, 3.05) is 55.9 Å². The fourth-order valence-corrected chi connectivity index (χ4v) is 3.76. The Morgan fingerprint density at radius 1 is 0.853 bits per heavy atom. The van der Waals surface area contributed by atoms with Crippen LogP contribution in [0.1, 0.15) is 11.3 Å². The van der Waals surface area contributed by atoms with Gasteiger partial charge < -0.3 is 29.9 Å². The molecule has 0 bridgehead atoms. The average molecular weight is 463 g/mol. The summed E-state index contributed by atoms with van der Waals surface area (Å²) in [5.41, 5.74) is 3.65. The van der Waals surface area contributed by atoms with Gasteiger partial charge in [-0.25, -0.2) is 9.78 Å². The van der Waals surface area contributed by atoms with Gasteiger partial charge in [-0.2, -0.15) is 4.98 Å². The van der Waals surface area contributed by atoms with Crippen molar-refractivity contribution in [3.63, 3.8) is 0 Å². The Morgan fingerprint density at radius 3 is 2.12 bits per heavy atom. The maximum Gasteiger partial charge on any atom is 0.321 e. The molecule has 9 nitrogen and oxygen atoms in total. The molecule has 2 heterocycles. The summed E-state index contributed by atoms with van der Waals surface area (Å²) in [7, 11) is 3.16. The lowest BCUT2D eigenvalue weighted by molar-refractivity contribution is 0.208. The fourth-order valence-electron chi connectivity index (χ4n) is 3.76. The number of carbonyl (C=O) groups excluding carboxylic acids is 1.